The molecule has 1 fully saturated rings. The molecule has 1 unspecified atom stereocenters. The van der Waals surface area contributed by atoms with Gasteiger partial charge in [-0.1, -0.05) is 59.1 Å². The predicted molar refractivity (Wildman–Crippen MR) is 264 cm³/mol. The van der Waals surface area contributed by atoms with Crippen molar-refractivity contribution in [2.24, 2.45) is 0 Å². The molecule has 3 N–H and O–H groups in total. The van der Waals surface area contributed by atoms with Crippen LogP contribution in [0, 0.1) is 0 Å². The summed E-state index contributed by atoms with van der Waals surface area (Å²) in [7, 11) is -0.123. The molecule has 332 valence electrons. The van der Waals surface area contributed by atoms with Gasteiger partial charge in [-0.05, 0) is 161 Å². The van der Waals surface area contributed by atoms with Crippen LogP contribution in [0.5, 0.6) is 0 Å². The molecule has 1 aliphatic heterocycles. The standard InChI is InChI=1S/C18H12BrClN4O2S.C12H18BNO2.C6H3BrClN3.C6H4Cl2OS/c19-13-9-17-18(21-11-22-24(17)10-13)12-1-5-15(6-2-12)23-27(25,26)16-7-3-14(20)4-8-16;1-11(2)12(3,4)16-13(15-11)9-5-7-10(14)8-6-9;7-4-1-5-6(8)9-3-10-11(5)2-4;7-5-1-3-6(4-2-5)10(8)9/h1-11,23H;5-8H,14H2,1-4H3;1-3H;1-4H. The summed E-state index contributed by atoms with van der Waals surface area (Å²) in [4.78, 5) is 8.90. The van der Waals surface area contributed by atoms with Crippen LogP contribution < -0.4 is 15.9 Å². The van der Waals surface area contributed by atoms with Gasteiger partial charge in [-0.15, -0.1) is 0 Å². The van der Waals surface area contributed by atoms with Crippen LogP contribution in [0.4, 0.5) is 11.4 Å². The molecule has 0 aliphatic carbocycles. The Labute approximate surface area is 409 Å². The zero-order valence-electron chi connectivity index (χ0n) is 34.2. The Bertz CT molecular complexity index is 2990. The summed E-state index contributed by atoms with van der Waals surface area (Å²) in [5, 5.41) is 9.68. The molecular weight excluding hydrogens is 1070 g/mol. The number of anilines is 2. The van der Waals surface area contributed by atoms with E-state index in [0.29, 0.717) is 25.8 Å². The molecule has 8 aromatic rings. The van der Waals surface area contributed by atoms with Gasteiger partial charge in [0.1, 0.15) is 28.2 Å². The Morgan fingerprint density at radius 2 is 1.22 bits per heavy atom. The molecule has 1 atom stereocenters. The fraction of sp³-hybridized carbons (Fsp3) is 0.143. The van der Waals surface area contributed by atoms with Crippen molar-refractivity contribution in [3.8, 4) is 11.3 Å². The Morgan fingerprint density at radius 3 is 1.75 bits per heavy atom. The first-order valence-electron chi connectivity index (χ1n) is 18.8. The van der Waals surface area contributed by atoms with Crippen LogP contribution in [0.25, 0.3) is 22.3 Å². The quantitative estimate of drug-likeness (QED) is 0.0929. The summed E-state index contributed by atoms with van der Waals surface area (Å²) in [6.45, 7) is 8.18. The van der Waals surface area contributed by atoms with Crippen molar-refractivity contribution in [2.45, 2.75) is 48.7 Å². The molecule has 0 bridgehead atoms. The van der Waals surface area contributed by atoms with Crippen LogP contribution in [0.15, 0.2) is 153 Å². The summed E-state index contributed by atoms with van der Waals surface area (Å²) in [6, 6.07) is 31.0. The summed E-state index contributed by atoms with van der Waals surface area (Å²) in [5.74, 6) is 0. The largest absolute Gasteiger partial charge is 0.494 e. The Hall–Kier alpha value is -4.08. The predicted octanol–water partition coefficient (Wildman–Crippen LogP) is 10.9. The fourth-order valence-electron chi connectivity index (χ4n) is 5.69. The first-order valence-corrected chi connectivity index (χ1v) is 25.0. The number of hydrogen-bond donors (Lipinski definition) is 2. The molecule has 5 heterocycles. The highest BCUT2D eigenvalue weighted by Gasteiger charge is 2.51. The third-order valence-corrected chi connectivity index (χ3v) is 13.9. The van der Waals surface area contributed by atoms with Crippen LogP contribution in [0.2, 0.25) is 15.2 Å². The number of benzene rings is 4. The highest BCUT2D eigenvalue weighted by Crippen LogP contribution is 2.36. The van der Waals surface area contributed by atoms with Gasteiger partial charge in [-0.25, -0.2) is 31.6 Å². The van der Waals surface area contributed by atoms with Gasteiger partial charge in [0.05, 0.1) is 32.2 Å². The number of sulfonamides is 1. The van der Waals surface area contributed by atoms with E-state index in [1.165, 1.54) is 36.9 Å². The van der Waals surface area contributed by atoms with Crippen LogP contribution in [0.3, 0.4) is 0 Å². The van der Waals surface area contributed by atoms with Crippen molar-refractivity contribution in [1.29, 1.82) is 0 Å². The van der Waals surface area contributed by atoms with E-state index < -0.39 is 20.0 Å². The summed E-state index contributed by atoms with van der Waals surface area (Å²) in [5.41, 5.74) is 10.5. The number of hydrogen-bond acceptors (Lipinski definition) is 10. The van der Waals surface area contributed by atoms with Crippen molar-refractivity contribution in [1.82, 2.24) is 29.2 Å². The Balaban J connectivity index is 0.000000155. The number of nitrogens with zero attached hydrogens (tertiary/aromatic N) is 6. The first-order chi connectivity index (χ1) is 30.2. The second-order valence-electron chi connectivity index (χ2n) is 14.7. The molecular formula is C42H37BBr2Cl4N8O5S2. The lowest BCUT2D eigenvalue weighted by Gasteiger charge is -2.32. The molecule has 13 nitrogen and oxygen atoms in total. The van der Waals surface area contributed by atoms with E-state index in [1.54, 1.807) is 45.4 Å². The summed E-state index contributed by atoms with van der Waals surface area (Å²) >= 11 is 23.9. The number of nitrogens with one attached hydrogen (secondary N) is 1. The van der Waals surface area contributed by atoms with Gasteiger partial charge >= 0.3 is 7.12 Å². The molecule has 1 aliphatic rings. The van der Waals surface area contributed by atoms with Crippen molar-refractivity contribution in [3.05, 3.63) is 158 Å². The second kappa shape index (κ2) is 21.0. The molecule has 0 radical (unpaired) electrons. The lowest BCUT2D eigenvalue weighted by molar-refractivity contribution is 0.00578. The minimum atomic E-state index is -3.68. The molecule has 9 rings (SSSR count). The molecule has 1 saturated heterocycles. The third-order valence-electron chi connectivity index (χ3n) is 9.69. The topological polar surface area (TPSA) is 168 Å². The van der Waals surface area contributed by atoms with Crippen LogP contribution in [-0.4, -0.2) is 60.1 Å². The monoisotopic (exact) mass is 1110 g/mol. The molecule has 4 aromatic heterocycles. The number of aromatic nitrogens is 6. The van der Waals surface area contributed by atoms with Gasteiger partial charge in [0.25, 0.3) is 10.0 Å². The second-order valence-corrected chi connectivity index (χ2v) is 21.2. The number of nitrogens with two attached hydrogens (primary N) is 1. The van der Waals surface area contributed by atoms with E-state index in [2.05, 4.69) is 56.7 Å². The molecule has 0 saturated carbocycles. The van der Waals surface area contributed by atoms with Crippen LogP contribution >= 0.6 is 77.3 Å². The summed E-state index contributed by atoms with van der Waals surface area (Å²) in [6.07, 6.45) is 6.56. The molecule has 0 amide bonds. The third kappa shape index (κ3) is 12.6. The van der Waals surface area contributed by atoms with Crippen molar-refractivity contribution < 1.29 is 21.9 Å². The average molecular weight is 1110 g/mol. The first kappa shape index (κ1) is 49.4. The summed E-state index contributed by atoms with van der Waals surface area (Å²) < 4.78 is 55.2. The number of fused-ring (bicyclic) bond motifs is 2. The van der Waals surface area contributed by atoms with Gasteiger partial charge in [0.2, 0.25) is 0 Å². The minimum Gasteiger partial charge on any atom is -0.399 e. The Kier molecular flexibility index (Phi) is 16.2. The smallest absolute Gasteiger partial charge is 0.399 e. The van der Waals surface area contributed by atoms with Gasteiger partial charge in [0, 0.05) is 48.3 Å². The fourth-order valence-corrected chi connectivity index (χ4v) is 8.66. The maximum absolute atomic E-state index is 12.5. The van der Waals surface area contributed by atoms with Crippen molar-refractivity contribution in [3.63, 3.8) is 0 Å². The van der Waals surface area contributed by atoms with Crippen molar-refractivity contribution >= 4 is 132 Å². The highest BCUT2D eigenvalue weighted by molar-refractivity contribution is 9.10. The number of rotatable bonds is 6. The van der Waals surface area contributed by atoms with Crippen LogP contribution in [-0.2, 0) is 29.3 Å². The molecule has 0 spiro atoms. The Morgan fingerprint density at radius 1 is 0.719 bits per heavy atom. The van der Waals surface area contributed by atoms with Gasteiger partial charge in [0.15, 0.2) is 5.15 Å². The number of nitrogen functional groups attached to an aromatic ring is 1. The highest BCUT2D eigenvalue weighted by atomic mass is 79.9. The van der Waals surface area contributed by atoms with E-state index >= 15 is 0 Å². The zero-order valence-corrected chi connectivity index (χ0v) is 42.0. The van der Waals surface area contributed by atoms with E-state index in [0.717, 1.165) is 42.4 Å². The maximum Gasteiger partial charge on any atom is 0.494 e. The number of halogens is 6. The van der Waals surface area contributed by atoms with Crippen molar-refractivity contribution in [2.75, 3.05) is 10.5 Å². The SMILES string of the molecule is CC1(C)OB(c2ccc(N)cc2)OC1(C)C.Clc1ncnn2cc(Br)cc12.O=S(=O)(Nc1ccc(-c2ncnn3cc(Br)cc23)cc1)c1ccc(Cl)cc1.O=S(Cl)c1ccc(Cl)cc1. The van der Waals surface area contributed by atoms with Gasteiger partial charge in [-0.2, -0.15) is 10.2 Å². The van der Waals surface area contributed by atoms with Crippen LogP contribution in [0.1, 0.15) is 27.7 Å². The van der Waals surface area contributed by atoms with Gasteiger partial charge in [-0.3, -0.25) is 4.72 Å². The molecule has 64 heavy (non-hydrogen) atoms. The lowest BCUT2D eigenvalue weighted by Crippen LogP contribution is -2.41. The average Bonchev–Trinajstić information content (AvgIpc) is 3.90. The molecule has 4 aromatic carbocycles. The lowest BCUT2D eigenvalue weighted by atomic mass is 9.79. The van der Waals surface area contributed by atoms with E-state index in [-0.39, 0.29) is 23.2 Å². The minimum absolute atomic E-state index is 0.145. The zero-order chi connectivity index (χ0) is 46.4. The van der Waals surface area contributed by atoms with E-state index in [4.69, 9.17) is 60.5 Å². The van der Waals surface area contributed by atoms with Gasteiger partial charge < -0.3 is 15.0 Å². The van der Waals surface area contributed by atoms with E-state index in [9.17, 15) is 12.6 Å². The normalized spacial score (nSPS) is 14.4. The maximum atomic E-state index is 12.5. The van der Waals surface area contributed by atoms with E-state index in [1.807, 2.05) is 88.6 Å². The molecule has 22 heteroatoms.